The van der Waals surface area contributed by atoms with Crippen molar-refractivity contribution < 1.29 is 9.18 Å². The van der Waals surface area contributed by atoms with Crippen molar-refractivity contribution in [3.05, 3.63) is 65.5 Å². The molecule has 0 saturated carbocycles. The van der Waals surface area contributed by atoms with Gasteiger partial charge in [-0.15, -0.1) is 0 Å². The largest absolute Gasteiger partial charge is 0.322 e. The van der Waals surface area contributed by atoms with Crippen molar-refractivity contribution in [3.8, 4) is 0 Å². The van der Waals surface area contributed by atoms with Crippen LogP contribution in [0.2, 0.25) is 0 Å². The summed E-state index contributed by atoms with van der Waals surface area (Å²) in [4.78, 5) is 12.1. The second kappa shape index (κ2) is 7.38. The number of amides is 1. The van der Waals surface area contributed by atoms with E-state index in [0.717, 1.165) is 25.1 Å². The Morgan fingerprint density at radius 3 is 2.52 bits per heavy atom. The molecular formula is C19H21FN2O. The molecule has 1 fully saturated rings. The summed E-state index contributed by atoms with van der Waals surface area (Å²) in [6, 6.07) is 14.1. The molecule has 1 aliphatic heterocycles. The van der Waals surface area contributed by atoms with Crippen LogP contribution in [0, 0.1) is 5.82 Å². The van der Waals surface area contributed by atoms with E-state index < -0.39 is 0 Å². The summed E-state index contributed by atoms with van der Waals surface area (Å²) in [5.41, 5.74) is 2.48. The van der Waals surface area contributed by atoms with Gasteiger partial charge in [0.05, 0.1) is 0 Å². The van der Waals surface area contributed by atoms with Gasteiger partial charge < -0.3 is 10.6 Å². The van der Waals surface area contributed by atoms with Gasteiger partial charge in [0, 0.05) is 17.3 Å². The molecule has 1 aliphatic rings. The summed E-state index contributed by atoms with van der Waals surface area (Å²) in [7, 11) is 0. The van der Waals surface area contributed by atoms with Crippen LogP contribution in [-0.2, 0) is 6.42 Å². The number of halogens is 1. The summed E-state index contributed by atoms with van der Waals surface area (Å²) in [5, 5.41) is 6.33. The smallest absolute Gasteiger partial charge is 0.255 e. The highest BCUT2D eigenvalue weighted by atomic mass is 19.1. The zero-order chi connectivity index (χ0) is 16.1. The fraction of sp³-hybridized carbons (Fsp3) is 0.316. The average molecular weight is 312 g/mol. The molecule has 1 atom stereocenters. The summed E-state index contributed by atoms with van der Waals surface area (Å²) in [6.45, 7) is 1.14. The normalized spacial score (nSPS) is 17.2. The third kappa shape index (κ3) is 4.39. The quantitative estimate of drug-likeness (QED) is 0.882. The minimum Gasteiger partial charge on any atom is -0.322 e. The summed E-state index contributed by atoms with van der Waals surface area (Å²) >= 11 is 0. The predicted molar refractivity (Wildman–Crippen MR) is 90.1 cm³/mol. The maximum atomic E-state index is 12.9. The zero-order valence-corrected chi connectivity index (χ0v) is 13.0. The molecule has 2 aromatic carbocycles. The van der Waals surface area contributed by atoms with Gasteiger partial charge in [0.1, 0.15) is 5.82 Å². The van der Waals surface area contributed by atoms with Crippen LogP contribution in [0.4, 0.5) is 10.1 Å². The number of hydrogen-bond acceptors (Lipinski definition) is 2. The number of nitrogens with one attached hydrogen (secondary N) is 2. The van der Waals surface area contributed by atoms with Crippen LogP contribution in [0.15, 0.2) is 48.5 Å². The fourth-order valence-corrected chi connectivity index (χ4v) is 2.90. The number of anilines is 1. The fourth-order valence-electron chi connectivity index (χ4n) is 2.90. The lowest BCUT2D eigenvalue weighted by Gasteiger charge is -2.10. The van der Waals surface area contributed by atoms with E-state index in [1.165, 1.54) is 42.7 Å². The molecule has 1 amide bonds. The molecule has 4 heteroatoms. The SMILES string of the molecule is O=C(Nc1ccc(CC[C@H]2CCCN2)cc1)c1ccc(F)cc1. The van der Waals surface area contributed by atoms with Crippen molar-refractivity contribution in [1.29, 1.82) is 0 Å². The van der Waals surface area contributed by atoms with Gasteiger partial charge in [-0.1, -0.05) is 12.1 Å². The lowest BCUT2D eigenvalue weighted by molar-refractivity contribution is 0.102. The molecule has 0 unspecified atom stereocenters. The van der Waals surface area contributed by atoms with Crippen LogP contribution in [-0.4, -0.2) is 18.5 Å². The summed E-state index contributed by atoms with van der Waals surface area (Å²) in [5.74, 6) is -0.574. The lowest BCUT2D eigenvalue weighted by atomic mass is 10.0. The first-order valence-electron chi connectivity index (χ1n) is 8.10. The summed E-state index contributed by atoms with van der Waals surface area (Å²) in [6.07, 6.45) is 4.75. The Kier molecular flexibility index (Phi) is 5.03. The summed E-state index contributed by atoms with van der Waals surface area (Å²) < 4.78 is 12.9. The molecule has 23 heavy (non-hydrogen) atoms. The predicted octanol–water partition coefficient (Wildman–Crippen LogP) is 3.76. The molecule has 1 saturated heterocycles. The van der Waals surface area contributed by atoms with Gasteiger partial charge in [0.15, 0.2) is 0 Å². The Morgan fingerprint density at radius 2 is 1.87 bits per heavy atom. The third-order valence-electron chi connectivity index (χ3n) is 4.26. The number of carbonyl (C=O) groups is 1. The topological polar surface area (TPSA) is 41.1 Å². The zero-order valence-electron chi connectivity index (χ0n) is 13.0. The van der Waals surface area contributed by atoms with Crippen molar-refractivity contribution in [2.24, 2.45) is 0 Å². The van der Waals surface area contributed by atoms with Crippen LogP contribution in [0.3, 0.4) is 0 Å². The van der Waals surface area contributed by atoms with Gasteiger partial charge in [-0.2, -0.15) is 0 Å². The number of rotatable bonds is 5. The van der Waals surface area contributed by atoms with E-state index in [1.807, 2.05) is 12.1 Å². The number of benzene rings is 2. The molecule has 2 aromatic rings. The van der Waals surface area contributed by atoms with Gasteiger partial charge in [-0.05, 0) is 74.2 Å². The lowest BCUT2D eigenvalue weighted by Crippen LogP contribution is -2.21. The Hall–Kier alpha value is -2.20. The van der Waals surface area contributed by atoms with Gasteiger partial charge in [-0.3, -0.25) is 4.79 Å². The van der Waals surface area contributed by atoms with Crippen molar-refractivity contribution in [2.45, 2.75) is 31.7 Å². The Bertz CT molecular complexity index is 646. The number of carbonyl (C=O) groups excluding carboxylic acids is 1. The maximum absolute atomic E-state index is 12.9. The molecule has 3 rings (SSSR count). The second-order valence-corrected chi connectivity index (χ2v) is 5.99. The van der Waals surface area contributed by atoms with Crippen molar-refractivity contribution >= 4 is 11.6 Å². The molecule has 1 heterocycles. The standard InChI is InChI=1S/C19H21FN2O/c20-16-8-6-15(7-9-16)19(23)22-18-11-4-14(5-12-18)3-10-17-2-1-13-21-17/h4-9,11-12,17,21H,1-3,10,13H2,(H,22,23)/t17-/m1/s1. The van der Waals surface area contributed by atoms with Gasteiger partial charge in [0.25, 0.3) is 5.91 Å². The number of aryl methyl sites for hydroxylation is 1. The van der Waals surface area contributed by atoms with Crippen LogP contribution in [0.1, 0.15) is 35.2 Å². The third-order valence-corrected chi connectivity index (χ3v) is 4.26. The van der Waals surface area contributed by atoms with E-state index in [1.54, 1.807) is 0 Å². The second-order valence-electron chi connectivity index (χ2n) is 5.99. The van der Waals surface area contributed by atoms with Crippen LogP contribution < -0.4 is 10.6 Å². The molecule has 120 valence electrons. The number of hydrogen-bond donors (Lipinski definition) is 2. The van der Waals surface area contributed by atoms with E-state index in [-0.39, 0.29) is 11.7 Å². The van der Waals surface area contributed by atoms with Crippen LogP contribution in [0.5, 0.6) is 0 Å². The van der Waals surface area contributed by atoms with Crippen molar-refractivity contribution in [2.75, 3.05) is 11.9 Å². The maximum Gasteiger partial charge on any atom is 0.255 e. The van der Waals surface area contributed by atoms with Gasteiger partial charge in [-0.25, -0.2) is 4.39 Å². The Balaban J connectivity index is 1.54. The van der Waals surface area contributed by atoms with Crippen molar-refractivity contribution in [1.82, 2.24) is 5.32 Å². The monoisotopic (exact) mass is 312 g/mol. The van der Waals surface area contributed by atoms with E-state index in [4.69, 9.17) is 0 Å². The van der Waals surface area contributed by atoms with Crippen molar-refractivity contribution in [3.63, 3.8) is 0 Å². The van der Waals surface area contributed by atoms with E-state index in [0.29, 0.717) is 11.6 Å². The molecule has 0 radical (unpaired) electrons. The highest BCUT2D eigenvalue weighted by Crippen LogP contribution is 2.16. The first-order valence-corrected chi connectivity index (χ1v) is 8.10. The molecule has 3 nitrogen and oxygen atoms in total. The Labute approximate surface area is 135 Å². The average Bonchev–Trinajstić information content (AvgIpc) is 3.08. The Morgan fingerprint density at radius 1 is 1.13 bits per heavy atom. The van der Waals surface area contributed by atoms with E-state index >= 15 is 0 Å². The highest BCUT2D eigenvalue weighted by Gasteiger charge is 2.13. The van der Waals surface area contributed by atoms with E-state index in [9.17, 15) is 9.18 Å². The first kappa shape index (κ1) is 15.7. The van der Waals surface area contributed by atoms with Gasteiger partial charge in [0.2, 0.25) is 0 Å². The highest BCUT2D eigenvalue weighted by molar-refractivity contribution is 6.04. The minimum atomic E-state index is -0.345. The molecule has 0 aliphatic carbocycles. The molecule has 2 N–H and O–H groups in total. The molecule has 0 spiro atoms. The first-order chi connectivity index (χ1) is 11.2. The van der Waals surface area contributed by atoms with Crippen LogP contribution in [0.25, 0.3) is 0 Å². The molecule has 0 aromatic heterocycles. The van der Waals surface area contributed by atoms with Gasteiger partial charge >= 0.3 is 0 Å². The van der Waals surface area contributed by atoms with Crippen LogP contribution >= 0.6 is 0 Å². The molecule has 0 bridgehead atoms. The van der Waals surface area contributed by atoms with E-state index in [2.05, 4.69) is 22.8 Å². The molecular weight excluding hydrogens is 291 g/mol. The minimum absolute atomic E-state index is 0.229.